The molecule has 1 rings (SSSR count). The number of carbonyl (C=O) groups excluding carboxylic acids is 2. The fraction of sp³-hybridized carbons (Fsp3) is 0.238. The predicted octanol–water partition coefficient (Wildman–Crippen LogP) is 4.27. The lowest BCUT2D eigenvalue weighted by atomic mass is 10.1. The Bertz CT molecular complexity index is 686. The molecular weight excluding hydrogens is 332 g/mol. The second kappa shape index (κ2) is 12.3. The van der Waals surface area contributed by atoms with Gasteiger partial charge in [0.25, 0.3) is 0 Å². The van der Waals surface area contributed by atoms with Gasteiger partial charge in [0.15, 0.2) is 0 Å². The van der Waals surface area contributed by atoms with Crippen molar-refractivity contribution in [2.24, 2.45) is 0 Å². The summed E-state index contributed by atoms with van der Waals surface area (Å²) in [5.41, 5.74) is 0.226. The van der Waals surface area contributed by atoms with Gasteiger partial charge in [0, 0.05) is 0 Å². The van der Waals surface area contributed by atoms with E-state index in [9.17, 15) is 9.59 Å². The lowest BCUT2D eigenvalue weighted by Crippen LogP contribution is -2.14. The molecule has 0 aliphatic rings. The molecule has 0 saturated carbocycles. The van der Waals surface area contributed by atoms with E-state index in [1.54, 1.807) is 30.4 Å². The molecule has 1 aromatic rings. The first kappa shape index (κ1) is 21.0. The monoisotopic (exact) mass is 356 g/mol. The van der Waals surface area contributed by atoms with E-state index >= 15 is 0 Å². The molecule has 26 heavy (non-hydrogen) atoms. The Morgan fingerprint density at radius 2 is 1.42 bits per heavy atom. The molecule has 0 aromatic heterocycles. The lowest BCUT2D eigenvalue weighted by molar-refractivity contribution is 0.0502. The fourth-order valence-corrected chi connectivity index (χ4v) is 1.92. The van der Waals surface area contributed by atoms with Gasteiger partial charge in [-0.15, -0.1) is 13.2 Å². The van der Waals surface area contributed by atoms with Gasteiger partial charge < -0.3 is 14.2 Å². The van der Waals surface area contributed by atoms with Crippen molar-refractivity contribution in [3.05, 3.63) is 78.9 Å². The number of hydrogen-bond donors (Lipinski definition) is 0. The number of allylic oxidation sites excluding steroid dienone is 4. The second-order valence-corrected chi connectivity index (χ2v) is 5.10. The normalized spacial score (nSPS) is 10.7. The molecule has 0 heterocycles. The number of ether oxygens (including phenoxy) is 3. The van der Waals surface area contributed by atoms with Crippen molar-refractivity contribution in [2.45, 2.75) is 12.8 Å². The van der Waals surface area contributed by atoms with Crippen molar-refractivity contribution in [3.8, 4) is 5.75 Å². The Morgan fingerprint density at radius 3 is 1.92 bits per heavy atom. The maximum atomic E-state index is 12.3. The van der Waals surface area contributed by atoms with Gasteiger partial charge in [-0.25, -0.2) is 9.59 Å². The second-order valence-electron chi connectivity index (χ2n) is 5.10. The number of carbonyl (C=O) groups is 2. The molecule has 0 unspecified atom stereocenters. The summed E-state index contributed by atoms with van der Waals surface area (Å²) in [5, 5.41) is 0. The standard InChI is InChI=1S/C21H24O5/c1-4-6-8-10-14-25-20(22)18-13-12-17(24-3)16-19(18)21(23)26-15-11-9-7-5-2/h4-5,8-13,16H,1-2,6-7,14-15H2,3H3/b10-8-,11-9?. The molecule has 0 N–H and O–H groups in total. The molecular formula is C21H24O5. The van der Waals surface area contributed by atoms with E-state index in [0.717, 1.165) is 0 Å². The third kappa shape index (κ3) is 7.21. The summed E-state index contributed by atoms with van der Waals surface area (Å²) in [6.45, 7) is 7.40. The smallest absolute Gasteiger partial charge is 0.339 e. The average Bonchev–Trinajstić information content (AvgIpc) is 2.66. The lowest BCUT2D eigenvalue weighted by Gasteiger charge is -2.10. The van der Waals surface area contributed by atoms with E-state index in [2.05, 4.69) is 13.2 Å². The molecule has 0 fully saturated rings. The minimum absolute atomic E-state index is 0.0986. The maximum Gasteiger partial charge on any atom is 0.339 e. The molecule has 0 spiro atoms. The molecule has 0 atom stereocenters. The van der Waals surface area contributed by atoms with Gasteiger partial charge in [0.05, 0.1) is 18.2 Å². The molecule has 0 bridgehead atoms. The Hall–Kier alpha value is -3.08. The zero-order valence-corrected chi connectivity index (χ0v) is 15.0. The van der Waals surface area contributed by atoms with Crippen LogP contribution in [0.1, 0.15) is 33.6 Å². The first-order valence-corrected chi connectivity index (χ1v) is 8.18. The van der Waals surface area contributed by atoms with Crippen molar-refractivity contribution < 1.29 is 23.8 Å². The summed E-state index contributed by atoms with van der Waals surface area (Å²) >= 11 is 0. The third-order valence-corrected chi connectivity index (χ3v) is 3.23. The van der Waals surface area contributed by atoms with Crippen LogP contribution >= 0.6 is 0 Å². The van der Waals surface area contributed by atoms with Crippen LogP contribution in [0.5, 0.6) is 5.75 Å². The van der Waals surface area contributed by atoms with Crippen LogP contribution in [0.15, 0.2) is 67.8 Å². The van der Waals surface area contributed by atoms with Gasteiger partial charge >= 0.3 is 11.9 Å². The molecule has 138 valence electrons. The van der Waals surface area contributed by atoms with E-state index in [1.807, 2.05) is 12.2 Å². The first-order valence-electron chi connectivity index (χ1n) is 8.18. The summed E-state index contributed by atoms with van der Waals surface area (Å²) in [6.07, 6.45) is 11.9. The van der Waals surface area contributed by atoms with Crippen LogP contribution in [0, 0.1) is 0 Å². The minimum Gasteiger partial charge on any atom is -0.497 e. The minimum atomic E-state index is -0.624. The molecule has 0 aliphatic carbocycles. The zero-order valence-electron chi connectivity index (χ0n) is 15.0. The van der Waals surface area contributed by atoms with E-state index in [1.165, 1.54) is 19.2 Å². The largest absolute Gasteiger partial charge is 0.497 e. The van der Waals surface area contributed by atoms with Crippen LogP contribution in [0.2, 0.25) is 0 Å². The van der Waals surface area contributed by atoms with Crippen LogP contribution in [-0.4, -0.2) is 32.3 Å². The van der Waals surface area contributed by atoms with Gasteiger partial charge in [-0.3, -0.25) is 0 Å². The fourth-order valence-electron chi connectivity index (χ4n) is 1.92. The van der Waals surface area contributed by atoms with E-state index in [0.29, 0.717) is 18.6 Å². The predicted molar refractivity (Wildman–Crippen MR) is 101 cm³/mol. The Kier molecular flexibility index (Phi) is 9.92. The summed E-state index contributed by atoms with van der Waals surface area (Å²) in [6, 6.07) is 4.53. The maximum absolute atomic E-state index is 12.3. The highest BCUT2D eigenvalue weighted by atomic mass is 16.5. The number of methoxy groups -OCH3 is 1. The highest BCUT2D eigenvalue weighted by molar-refractivity contribution is 6.03. The van der Waals surface area contributed by atoms with Crippen LogP contribution in [0.25, 0.3) is 0 Å². The molecule has 0 aliphatic heterocycles. The van der Waals surface area contributed by atoms with Gasteiger partial charge in [-0.1, -0.05) is 36.5 Å². The summed E-state index contributed by atoms with van der Waals surface area (Å²) in [5.74, 6) is -0.784. The van der Waals surface area contributed by atoms with Crippen molar-refractivity contribution in [2.75, 3.05) is 20.3 Å². The molecule has 0 radical (unpaired) electrons. The van der Waals surface area contributed by atoms with Crippen LogP contribution in [0.4, 0.5) is 0 Å². The van der Waals surface area contributed by atoms with E-state index < -0.39 is 11.9 Å². The van der Waals surface area contributed by atoms with Crippen molar-refractivity contribution in [1.82, 2.24) is 0 Å². The quantitative estimate of drug-likeness (QED) is 0.438. The highest BCUT2D eigenvalue weighted by Crippen LogP contribution is 2.20. The van der Waals surface area contributed by atoms with Gasteiger partial charge in [-0.05, 0) is 31.0 Å². The molecule has 5 nitrogen and oxygen atoms in total. The molecule has 1 aromatic carbocycles. The van der Waals surface area contributed by atoms with Crippen molar-refractivity contribution in [3.63, 3.8) is 0 Å². The summed E-state index contributed by atoms with van der Waals surface area (Å²) in [7, 11) is 1.48. The Labute approximate surface area is 154 Å². The molecule has 0 saturated heterocycles. The van der Waals surface area contributed by atoms with Gasteiger partial charge in [-0.2, -0.15) is 0 Å². The number of hydrogen-bond acceptors (Lipinski definition) is 5. The third-order valence-electron chi connectivity index (χ3n) is 3.23. The average molecular weight is 356 g/mol. The van der Waals surface area contributed by atoms with E-state index in [4.69, 9.17) is 14.2 Å². The number of benzene rings is 1. The van der Waals surface area contributed by atoms with Gasteiger partial charge in [0.1, 0.15) is 19.0 Å². The summed E-state index contributed by atoms with van der Waals surface area (Å²) < 4.78 is 15.5. The topological polar surface area (TPSA) is 61.8 Å². The molecule has 5 heteroatoms. The first-order chi connectivity index (χ1) is 12.6. The number of esters is 2. The van der Waals surface area contributed by atoms with E-state index in [-0.39, 0.29) is 24.3 Å². The van der Waals surface area contributed by atoms with Gasteiger partial charge in [0.2, 0.25) is 0 Å². The summed E-state index contributed by atoms with van der Waals surface area (Å²) in [4.78, 5) is 24.6. The zero-order chi connectivity index (χ0) is 19.2. The van der Waals surface area contributed by atoms with Crippen LogP contribution in [-0.2, 0) is 9.47 Å². The number of rotatable bonds is 11. The van der Waals surface area contributed by atoms with Crippen LogP contribution < -0.4 is 4.74 Å². The van der Waals surface area contributed by atoms with Crippen molar-refractivity contribution >= 4 is 11.9 Å². The highest BCUT2D eigenvalue weighted by Gasteiger charge is 2.20. The van der Waals surface area contributed by atoms with Crippen LogP contribution in [0.3, 0.4) is 0 Å². The Morgan fingerprint density at radius 1 is 0.885 bits per heavy atom. The molecule has 0 amide bonds. The SMILES string of the molecule is C=CCC=CCOC(=O)c1cc(OC)ccc1C(=O)OC/C=C\CC=C. The Balaban J connectivity index is 2.84. The van der Waals surface area contributed by atoms with Crippen molar-refractivity contribution in [1.29, 1.82) is 0 Å².